The topological polar surface area (TPSA) is 52.0 Å². The zero-order valence-corrected chi connectivity index (χ0v) is 23.7. The maximum absolute atomic E-state index is 5.46. The van der Waals surface area contributed by atoms with Crippen molar-refractivity contribution >= 4 is 55.8 Å². The number of fused-ring (bicyclic) bond motifs is 6. The van der Waals surface area contributed by atoms with Crippen LogP contribution in [0.25, 0.3) is 54.6 Å². The van der Waals surface area contributed by atoms with Crippen LogP contribution in [0.2, 0.25) is 0 Å². The molecular weight excluding hydrogens is 525 g/mol. The molecule has 4 heteroatoms. The number of benzene rings is 6. The van der Waals surface area contributed by atoms with Gasteiger partial charge in [0, 0.05) is 23.9 Å². The Morgan fingerprint density at radius 3 is 1.20 bits per heavy atom. The first kappa shape index (κ1) is 26.1. The maximum atomic E-state index is 5.46. The lowest BCUT2D eigenvalue weighted by atomic mass is 9.90. The lowest BCUT2D eigenvalue weighted by molar-refractivity contribution is 1.42. The third-order valence-electron chi connectivity index (χ3n) is 7.26. The van der Waals surface area contributed by atoms with Crippen molar-refractivity contribution in [3.8, 4) is 22.3 Å². The molecule has 0 amide bonds. The summed E-state index contributed by atoms with van der Waals surface area (Å²) in [6, 6.07) is 40.3. The number of thioether (sulfide) groups is 2. The van der Waals surface area contributed by atoms with Crippen molar-refractivity contribution in [3.63, 3.8) is 0 Å². The van der Waals surface area contributed by atoms with Crippen molar-refractivity contribution in [2.24, 2.45) is 11.5 Å². The SMILES string of the molecule is N/C=C\SCc1ccc(-c2ccc3c4ccc(-c5ccc(CS/C=C\N)cc5)cc4c4ccccc4c3c2)cc1. The molecule has 0 saturated carbocycles. The van der Waals surface area contributed by atoms with E-state index in [1.807, 2.05) is 10.8 Å². The van der Waals surface area contributed by atoms with Gasteiger partial charge in [-0.25, -0.2) is 0 Å². The summed E-state index contributed by atoms with van der Waals surface area (Å²) in [5.74, 6) is 1.83. The fourth-order valence-corrected chi connectivity index (χ4v) is 6.49. The van der Waals surface area contributed by atoms with E-state index >= 15 is 0 Å². The van der Waals surface area contributed by atoms with Crippen molar-refractivity contribution in [3.05, 3.63) is 144 Å². The van der Waals surface area contributed by atoms with Crippen LogP contribution in [0.15, 0.2) is 132 Å². The van der Waals surface area contributed by atoms with Gasteiger partial charge in [0.2, 0.25) is 0 Å². The van der Waals surface area contributed by atoms with Crippen molar-refractivity contribution in [2.75, 3.05) is 0 Å². The zero-order valence-electron chi connectivity index (χ0n) is 22.1. The second kappa shape index (κ2) is 12.0. The molecule has 0 heterocycles. The molecule has 0 radical (unpaired) electrons. The quantitative estimate of drug-likeness (QED) is 0.184. The van der Waals surface area contributed by atoms with E-state index in [9.17, 15) is 0 Å². The van der Waals surface area contributed by atoms with Gasteiger partial charge in [-0.3, -0.25) is 0 Å². The van der Waals surface area contributed by atoms with Gasteiger partial charge in [0.15, 0.2) is 0 Å². The van der Waals surface area contributed by atoms with E-state index in [0.717, 1.165) is 11.5 Å². The van der Waals surface area contributed by atoms with E-state index in [-0.39, 0.29) is 0 Å². The number of nitrogens with two attached hydrogens (primary N) is 2. The Labute approximate surface area is 243 Å². The molecular formula is C36H30N2S2. The van der Waals surface area contributed by atoms with Crippen LogP contribution in [0.3, 0.4) is 0 Å². The van der Waals surface area contributed by atoms with Gasteiger partial charge in [0.1, 0.15) is 0 Å². The predicted molar refractivity (Wildman–Crippen MR) is 179 cm³/mol. The van der Waals surface area contributed by atoms with Gasteiger partial charge < -0.3 is 11.5 Å². The lowest BCUT2D eigenvalue weighted by Crippen LogP contribution is -1.87. The highest BCUT2D eigenvalue weighted by atomic mass is 32.2. The molecule has 4 N–H and O–H groups in total. The summed E-state index contributed by atoms with van der Waals surface area (Å²) in [4.78, 5) is 0. The smallest absolute Gasteiger partial charge is 0.0226 e. The van der Waals surface area contributed by atoms with Crippen LogP contribution in [-0.2, 0) is 11.5 Å². The van der Waals surface area contributed by atoms with Crippen LogP contribution in [0.1, 0.15) is 11.1 Å². The minimum Gasteiger partial charge on any atom is -0.404 e. The van der Waals surface area contributed by atoms with Crippen molar-refractivity contribution < 1.29 is 0 Å². The molecule has 0 aliphatic carbocycles. The second-order valence-corrected chi connectivity index (χ2v) is 11.5. The summed E-state index contributed by atoms with van der Waals surface area (Å²) >= 11 is 3.41. The highest BCUT2D eigenvalue weighted by Crippen LogP contribution is 2.39. The minimum atomic E-state index is 0.917. The van der Waals surface area contributed by atoms with Gasteiger partial charge in [-0.05, 0) is 88.6 Å². The van der Waals surface area contributed by atoms with Crippen LogP contribution in [0.4, 0.5) is 0 Å². The average Bonchev–Trinajstić information content (AvgIpc) is 3.02. The minimum absolute atomic E-state index is 0.917. The Morgan fingerprint density at radius 1 is 0.425 bits per heavy atom. The Kier molecular flexibility index (Phi) is 7.80. The standard InChI is InChI=1S/C36H30N2S2/c37-17-19-39-23-25-5-9-27(10-6-25)29-13-15-33-34-16-14-30(28-11-7-26(8-12-28)24-40-20-18-38)22-36(34)32-4-2-1-3-31(32)35(33)21-29/h1-22H,23-24,37-38H2/b19-17-,20-18-. The summed E-state index contributed by atoms with van der Waals surface area (Å²) in [6.45, 7) is 0. The molecule has 0 atom stereocenters. The van der Waals surface area contributed by atoms with Crippen LogP contribution in [0, 0.1) is 0 Å². The van der Waals surface area contributed by atoms with Crippen LogP contribution in [0.5, 0.6) is 0 Å². The molecule has 0 aromatic heterocycles. The van der Waals surface area contributed by atoms with E-state index in [2.05, 4.69) is 109 Å². The van der Waals surface area contributed by atoms with E-state index in [4.69, 9.17) is 11.5 Å². The molecule has 40 heavy (non-hydrogen) atoms. The summed E-state index contributed by atoms with van der Waals surface area (Å²) in [7, 11) is 0. The fraction of sp³-hybridized carbons (Fsp3) is 0.0556. The predicted octanol–water partition coefficient (Wildman–Crippen LogP) is 9.81. The van der Waals surface area contributed by atoms with Crippen molar-refractivity contribution in [2.45, 2.75) is 11.5 Å². The number of rotatable bonds is 8. The average molecular weight is 555 g/mol. The Balaban J connectivity index is 1.40. The van der Waals surface area contributed by atoms with Crippen LogP contribution < -0.4 is 11.5 Å². The summed E-state index contributed by atoms with van der Waals surface area (Å²) < 4.78 is 0. The van der Waals surface area contributed by atoms with Crippen LogP contribution in [-0.4, -0.2) is 0 Å². The zero-order chi connectivity index (χ0) is 27.3. The third-order valence-corrected chi connectivity index (χ3v) is 8.96. The molecule has 0 spiro atoms. The molecule has 6 aromatic carbocycles. The molecule has 0 saturated heterocycles. The summed E-state index contributed by atoms with van der Waals surface area (Å²) in [6.07, 6.45) is 3.17. The first-order valence-corrected chi connectivity index (χ1v) is 15.4. The van der Waals surface area contributed by atoms with E-state index in [1.54, 1.807) is 35.9 Å². The van der Waals surface area contributed by atoms with E-state index in [1.165, 1.54) is 65.7 Å². The van der Waals surface area contributed by atoms with Crippen molar-refractivity contribution in [1.82, 2.24) is 0 Å². The van der Waals surface area contributed by atoms with Gasteiger partial charge in [-0.2, -0.15) is 0 Å². The molecule has 0 aliphatic rings. The summed E-state index contributed by atoms with van der Waals surface area (Å²) in [5, 5.41) is 11.6. The molecule has 0 aliphatic heterocycles. The molecule has 0 bridgehead atoms. The molecule has 6 aromatic rings. The van der Waals surface area contributed by atoms with Gasteiger partial charge in [-0.1, -0.05) is 97.1 Å². The molecule has 2 nitrogen and oxygen atoms in total. The maximum Gasteiger partial charge on any atom is 0.0226 e. The normalized spacial score (nSPS) is 11.9. The van der Waals surface area contributed by atoms with Gasteiger partial charge in [-0.15, -0.1) is 23.5 Å². The van der Waals surface area contributed by atoms with Gasteiger partial charge >= 0.3 is 0 Å². The lowest BCUT2D eigenvalue weighted by Gasteiger charge is -2.14. The molecule has 0 fully saturated rings. The number of hydrogen-bond acceptors (Lipinski definition) is 4. The highest BCUT2D eigenvalue weighted by Gasteiger charge is 2.11. The third kappa shape index (κ3) is 5.33. The summed E-state index contributed by atoms with van der Waals surface area (Å²) in [5.41, 5.74) is 18.4. The van der Waals surface area contributed by atoms with Crippen molar-refractivity contribution in [1.29, 1.82) is 0 Å². The number of hydrogen-bond donors (Lipinski definition) is 2. The first-order valence-electron chi connectivity index (χ1n) is 13.3. The Morgan fingerprint density at radius 2 is 0.800 bits per heavy atom. The van der Waals surface area contributed by atoms with E-state index < -0.39 is 0 Å². The molecule has 0 unspecified atom stereocenters. The molecule has 6 rings (SSSR count). The highest BCUT2D eigenvalue weighted by molar-refractivity contribution is 8.01. The largest absolute Gasteiger partial charge is 0.404 e. The first-order chi connectivity index (χ1) is 19.7. The second-order valence-electron chi connectivity index (χ2n) is 9.74. The van der Waals surface area contributed by atoms with Gasteiger partial charge in [0.25, 0.3) is 0 Å². The fourth-order valence-electron chi connectivity index (χ4n) is 5.30. The van der Waals surface area contributed by atoms with E-state index in [0.29, 0.717) is 0 Å². The van der Waals surface area contributed by atoms with Gasteiger partial charge in [0.05, 0.1) is 0 Å². The van der Waals surface area contributed by atoms with Crippen LogP contribution >= 0.6 is 23.5 Å². The Bertz CT molecular complexity index is 1700. The molecule has 196 valence electrons. The Hall–Kier alpha value is -4.12. The monoisotopic (exact) mass is 554 g/mol.